The quantitative estimate of drug-likeness (QED) is 0.853. The molecule has 4 heteroatoms. The number of fused-ring (bicyclic) bond motifs is 1. The Morgan fingerprint density at radius 1 is 1.14 bits per heavy atom. The molecule has 2 aromatic rings. The Kier molecular flexibility index (Phi) is 4.37. The van der Waals surface area contributed by atoms with Crippen molar-refractivity contribution in [2.75, 3.05) is 11.6 Å². The monoisotopic (exact) mass is 299 g/mol. The summed E-state index contributed by atoms with van der Waals surface area (Å²) in [6, 6.07) is 16.6. The topological polar surface area (TPSA) is 29.5 Å². The molecule has 22 heavy (non-hydrogen) atoms. The summed E-state index contributed by atoms with van der Waals surface area (Å²) in [5, 5.41) is 0. The fourth-order valence-corrected chi connectivity index (χ4v) is 2.79. The number of aryl methyl sites for hydroxylation is 1. The lowest BCUT2D eigenvalue weighted by Gasteiger charge is -2.34. The van der Waals surface area contributed by atoms with Gasteiger partial charge >= 0.3 is 6.09 Å². The van der Waals surface area contributed by atoms with E-state index in [-0.39, 0.29) is 6.61 Å². The Bertz CT molecular complexity index is 645. The second kappa shape index (κ2) is 6.60. The van der Waals surface area contributed by atoms with Crippen LogP contribution in [0.1, 0.15) is 17.5 Å². The summed E-state index contributed by atoms with van der Waals surface area (Å²) < 4.78 is 18.7. The fourth-order valence-electron chi connectivity index (χ4n) is 2.79. The second-order valence-electron chi connectivity index (χ2n) is 5.39. The predicted octanol–water partition coefficient (Wildman–Crippen LogP) is 4.11. The van der Waals surface area contributed by atoms with Crippen molar-refractivity contribution in [1.29, 1.82) is 0 Å². The number of rotatable bonds is 3. The van der Waals surface area contributed by atoms with Crippen molar-refractivity contribution in [2.45, 2.75) is 25.5 Å². The van der Waals surface area contributed by atoms with Gasteiger partial charge in [-0.2, -0.15) is 0 Å². The van der Waals surface area contributed by atoms with Gasteiger partial charge in [-0.05, 0) is 30.0 Å². The van der Waals surface area contributed by atoms with Gasteiger partial charge < -0.3 is 4.74 Å². The average Bonchev–Trinajstić information content (AvgIpc) is 2.59. The maximum absolute atomic E-state index is 13.3. The highest BCUT2D eigenvalue weighted by molar-refractivity contribution is 5.90. The number of halogens is 1. The summed E-state index contributed by atoms with van der Waals surface area (Å²) in [5.74, 6) is 0. The van der Waals surface area contributed by atoms with E-state index in [1.165, 1.54) is 4.90 Å². The molecule has 1 atom stereocenters. The first kappa shape index (κ1) is 14.6. The van der Waals surface area contributed by atoms with Crippen molar-refractivity contribution in [1.82, 2.24) is 0 Å². The molecule has 0 aliphatic carbocycles. The van der Waals surface area contributed by atoms with Gasteiger partial charge in [0, 0.05) is 0 Å². The van der Waals surface area contributed by atoms with Crippen molar-refractivity contribution < 1.29 is 13.9 Å². The molecule has 1 aliphatic heterocycles. The number of anilines is 1. The molecule has 0 spiro atoms. The third-order valence-corrected chi connectivity index (χ3v) is 3.94. The molecule has 0 saturated heterocycles. The number of para-hydroxylation sites is 1. The molecule has 1 heterocycles. The van der Waals surface area contributed by atoms with Crippen molar-refractivity contribution in [3.63, 3.8) is 0 Å². The lowest BCUT2D eigenvalue weighted by molar-refractivity contribution is 0.142. The van der Waals surface area contributed by atoms with Gasteiger partial charge in [-0.25, -0.2) is 9.18 Å². The molecule has 1 amide bonds. The first-order valence-corrected chi connectivity index (χ1v) is 7.43. The van der Waals surface area contributed by atoms with E-state index in [9.17, 15) is 9.18 Å². The largest absolute Gasteiger partial charge is 0.444 e. The summed E-state index contributed by atoms with van der Waals surface area (Å²) in [6.45, 7) is -0.369. The maximum atomic E-state index is 13.3. The van der Waals surface area contributed by atoms with E-state index < -0.39 is 18.8 Å². The Labute approximate surface area is 129 Å². The highest BCUT2D eigenvalue weighted by Gasteiger charge is 2.31. The normalized spacial score (nSPS) is 17.0. The van der Waals surface area contributed by atoms with E-state index in [1.807, 2.05) is 54.6 Å². The number of nitrogens with zero attached hydrogens (tertiary/aromatic N) is 1. The fraction of sp³-hybridized carbons (Fsp3) is 0.278. The number of alkyl halides is 1. The number of ether oxygens (including phenoxy) is 1. The zero-order chi connectivity index (χ0) is 15.4. The minimum Gasteiger partial charge on any atom is -0.444 e. The van der Waals surface area contributed by atoms with Crippen LogP contribution >= 0.6 is 0 Å². The van der Waals surface area contributed by atoms with Gasteiger partial charge in [-0.3, -0.25) is 4.90 Å². The number of carbonyl (C=O) groups excluding carboxylic acids is 1. The molecule has 0 saturated carbocycles. The van der Waals surface area contributed by atoms with E-state index in [4.69, 9.17) is 4.74 Å². The molecule has 0 N–H and O–H groups in total. The summed E-state index contributed by atoms with van der Waals surface area (Å²) in [7, 11) is 0. The minimum absolute atomic E-state index is 0.192. The molecule has 0 unspecified atom stereocenters. The summed E-state index contributed by atoms with van der Waals surface area (Å²) in [6.07, 6.45) is 0.917. The third kappa shape index (κ3) is 2.96. The second-order valence-corrected chi connectivity index (χ2v) is 5.39. The highest BCUT2D eigenvalue weighted by atomic mass is 19.1. The molecular weight excluding hydrogens is 281 g/mol. The summed E-state index contributed by atoms with van der Waals surface area (Å²) >= 11 is 0. The van der Waals surface area contributed by atoms with Crippen molar-refractivity contribution >= 4 is 11.8 Å². The molecule has 0 radical (unpaired) electrons. The Morgan fingerprint density at radius 3 is 2.64 bits per heavy atom. The van der Waals surface area contributed by atoms with Gasteiger partial charge in [-0.1, -0.05) is 48.5 Å². The smallest absolute Gasteiger partial charge is 0.414 e. The van der Waals surface area contributed by atoms with Crippen molar-refractivity contribution in [3.8, 4) is 0 Å². The molecule has 3 nitrogen and oxygen atoms in total. The zero-order valence-corrected chi connectivity index (χ0v) is 12.2. The van der Waals surface area contributed by atoms with Crippen LogP contribution in [-0.2, 0) is 17.8 Å². The SMILES string of the molecule is O=C(OCc1ccccc1)N1c2ccccc2CC[C@H]1CF. The molecular formula is C18H18FNO2. The number of hydrogen-bond acceptors (Lipinski definition) is 2. The van der Waals surface area contributed by atoms with E-state index in [0.29, 0.717) is 6.42 Å². The van der Waals surface area contributed by atoms with Crippen LogP contribution in [-0.4, -0.2) is 18.8 Å². The number of carbonyl (C=O) groups is 1. The van der Waals surface area contributed by atoms with E-state index in [1.54, 1.807) is 0 Å². The van der Waals surface area contributed by atoms with Gasteiger partial charge in [0.1, 0.15) is 13.3 Å². The van der Waals surface area contributed by atoms with Gasteiger partial charge in [0.25, 0.3) is 0 Å². The number of benzene rings is 2. The number of hydrogen-bond donors (Lipinski definition) is 0. The molecule has 1 aliphatic rings. The van der Waals surface area contributed by atoms with Gasteiger partial charge in [0.05, 0.1) is 11.7 Å². The van der Waals surface area contributed by atoms with E-state index in [0.717, 1.165) is 23.2 Å². The van der Waals surface area contributed by atoms with Gasteiger partial charge in [0.15, 0.2) is 0 Å². The summed E-state index contributed by atoms with van der Waals surface area (Å²) in [5.41, 5.74) is 2.73. The highest BCUT2D eigenvalue weighted by Crippen LogP contribution is 2.31. The predicted molar refractivity (Wildman–Crippen MR) is 83.6 cm³/mol. The first-order valence-electron chi connectivity index (χ1n) is 7.43. The van der Waals surface area contributed by atoms with E-state index in [2.05, 4.69) is 0 Å². The Morgan fingerprint density at radius 2 is 1.86 bits per heavy atom. The minimum atomic E-state index is -0.561. The molecule has 0 fully saturated rings. The third-order valence-electron chi connectivity index (χ3n) is 3.94. The Hall–Kier alpha value is -2.36. The van der Waals surface area contributed by atoms with Crippen LogP contribution in [0.5, 0.6) is 0 Å². The van der Waals surface area contributed by atoms with Crippen LogP contribution in [0.2, 0.25) is 0 Å². The van der Waals surface area contributed by atoms with Crippen molar-refractivity contribution in [2.24, 2.45) is 0 Å². The number of amides is 1. The zero-order valence-electron chi connectivity index (χ0n) is 12.2. The molecule has 3 rings (SSSR count). The molecule has 0 aromatic heterocycles. The van der Waals surface area contributed by atoms with Crippen LogP contribution in [0.4, 0.5) is 14.9 Å². The van der Waals surface area contributed by atoms with Gasteiger partial charge in [-0.15, -0.1) is 0 Å². The van der Waals surface area contributed by atoms with Crippen LogP contribution in [0.25, 0.3) is 0 Å². The van der Waals surface area contributed by atoms with Gasteiger partial charge in [0.2, 0.25) is 0 Å². The first-order chi connectivity index (χ1) is 10.8. The molecule has 0 bridgehead atoms. The molecule has 114 valence electrons. The van der Waals surface area contributed by atoms with E-state index >= 15 is 0 Å². The standard InChI is InChI=1S/C18H18FNO2/c19-12-16-11-10-15-8-4-5-9-17(15)20(16)18(21)22-13-14-6-2-1-3-7-14/h1-9,16H,10-13H2/t16-/m0/s1. The summed E-state index contributed by atoms with van der Waals surface area (Å²) in [4.78, 5) is 13.9. The lowest BCUT2D eigenvalue weighted by atomic mass is 9.97. The van der Waals surface area contributed by atoms with Crippen LogP contribution in [0.15, 0.2) is 54.6 Å². The van der Waals surface area contributed by atoms with Crippen LogP contribution in [0.3, 0.4) is 0 Å². The Balaban J connectivity index is 1.77. The van der Waals surface area contributed by atoms with Crippen molar-refractivity contribution in [3.05, 3.63) is 65.7 Å². The lowest BCUT2D eigenvalue weighted by Crippen LogP contribution is -2.45. The van der Waals surface area contributed by atoms with Crippen LogP contribution in [0, 0.1) is 0 Å². The molecule has 2 aromatic carbocycles. The van der Waals surface area contributed by atoms with Crippen LogP contribution < -0.4 is 4.90 Å². The average molecular weight is 299 g/mol. The maximum Gasteiger partial charge on any atom is 0.414 e.